The normalized spacial score (nSPS) is 15.4. The van der Waals surface area contributed by atoms with Crippen molar-refractivity contribution in [2.45, 2.75) is 103 Å². The molecule has 0 saturated heterocycles. The lowest BCUT2D eigenvalue weighted by Crippen LogP contribution is -2.48. The Bertz CT molecular complexity index is 1390. The van der Waals surface area contributed by atoms with Gasteiger partial charge in [-0.25, -0.2) is 9.78 Å². The van der Waals surface area contributed by atoms with Gasteiger partial charge in [0.2, 0.25) is 8.32 Å². The summed E-state index contributed by atoms with van der Waals surface area (Å²) in [7, 11) is -2.29. The Morgan fingerprint density at radius 1 is 1.00 bits per heavy atom. The SMILES string of the molecule is CC(C)[Si](O[C@@H](C)c1nc2cccc(Cl)c2c(=O)n1-c1cccc(NC(=O)NC2CCCC2)c1)(C(C)C)C(C)C. The molecule has 1 fully saturated rings. The fraction of sp³-hybridized carbons (Fsp3) is 0.516. The van der Waals surface area contributed by atoms with Crippen LogP contribution in [0.4, 0.5) is 10.5 Å². The highest BCUT2D eigenvalue weighted by molar-refractivity contribution is 6.77. The molecule has 40 heavy (non-hydrogen) atoms. The maximum absolute atomic E-state index is 14.1. The molecule has 1 saturated carbocycles. The van der Waals surface area contributed by atoms with Gasteiger partial charge in [0.05, 0.1) is 21.6 Å². The molecule has 2 N–H and O–H groups in total. The van der Waals surface area contributed by atoms with Crippen LogP contribution >= 0.6 is 11.6 Å². The van der Waals surface area contributed by atoms with Crippen molar-refractivity contribution in [1.82, 2.24) is 14.9 Å². The first-order chi connectivity index (χ1) is 19.0. The van der Waals surface area contributed by atoms with E-state index in [0.29, 0.717) is 49.7 Å². The van der Waals surface area contributed by atoms with Gasteiger partial charge in [0, 0.05) is 11.7 Å². The van der Waals surface area contributed by atoms with Crippen molar-refractivity contribution in [2.75, 3.05) is 5.32 Å². The lowest BCUT2D eigenvalue weighted by atomic mass is 10.2. The summed E-state index contributed by atoms with van der Waals surface area (Å²) in [6, 6.07) is 12.6. The van der Waals surface area contributed by atoms with Gasteiger partial charge in [0.25, 0.3) is 5.56 Å². The summed E-state index contributed by atoms with van der Waals surface area (Å²) < 4.78 is 8.67. The molecule has 9 heteroatoms. The number of carbonyl (C=O) groups excluding carboxylic acids is 1. The fourth-order valence-electron chi connectivity index (χ4n) is 6.64. The molecule has 4 rings (SSSR count). The van der Waals surface area contributed by atoms with Crippen LogP contribution in [0.1, 0.15) is 86.1 Å². The number of halogens is 1. The van der Waals surface area contributed by atoms with Gasteiger partial charge in [0.1, 0.15) is 11.9 Å². The number of nitrogens with zero attached hydrogens (tertiary/aromatic N) is 2. The fourth-order valence-corrected chi connectivity index (χ4v) is 12.4. The Labute approximate surface area is 243 Å². The lowest BCUT2D eigenvalue weighted by molar-refractivity contribution is 0.183. The Kier molecular flexibility index (Phi) is 9.43. The molecule has 216 valence electrons. The van der Waals surface area contributed by atoms with E-state index in [2.05, 4.69) is 52.2 Å². The molecule has 0 aliphatic heterocycles. The molecule has 1 aromatic heterocycles. The molecule has 1 aliphatic carbocycles. The number of anilines is 1. The summed E-state index contributed by atoms with van der Waals surface area (Å²) >= 11 is 6.52. The van der Waals surface area contributed by atoms with Crippen molar-refractivity contribution in [1.29, 1.82) is 0 Å². The highest BCUT2D eigenvalue weighted by Gasteiger charge is 2.46. The van der Waals surface area contributed by atoms with E-state index in [1.807, 2.05) is 31.2 Å². The zero-order chi connectivity index (χ0) is 29.2. The first-order valence-corrected chi connectivity index (χ1v) is 17.0. The van der Waals surface area contributed by atoms with Crippen molar-refractivity contribution in [3.8, 4) is 5.69 Å². The Morgan fingerprint density at radius 2 is 1.62 bits per heavy atom. The Balaban J connectivity index is 1.81. The van der Waals surface area contributed by atoms with Crippen LogP contribution in [-0.4, -0.2) is 29.9 Å². The van der Waals surface area contributed by atoms with Gasteiger partial charge in [-0.2, -0.15) is 0 Å². The van der Waals surface area contributed by atoms with Crippen LogP contribution in [0.15, 0.2) is 47.3 Å². The second-order valence-electron chi connectivity index (χ2n) is 12.0. The number of aromatic nitrogens is 2. The average Bonchev–Trinajstić information content (AvgIpc) is 3.39. The van der Waals surface area contributed by atoms with Crippen LogP contribution in [0.5, 0.6) is 0 Å². The average molecular weight is 583 g/mol. The molecule has 0 radical (unpaired) electrons. The summed E-state index contributed by atoms with van der Waals surface area (Å²) in [6.07, 6.45) is 3.83. The molecule has 0 spiro atoms. The number of hydrogen-bond donors (Lipinski definition) is 2. The van der Waals surface area contributed by atoms with Gasteiger partial charge in [-0.05, 0) is 66.7 Å². The summed E-state index contributed by atoms with van der Waals surface area (Å²) in [5.74, 6) is 0.520. The third kappa shape index (κ3) is 5.99. The van der Waals surface area contributed by atoms with Crippen LogP contribution < -0.4 is 16.2 Å². The standard InChI is InChI=1S/C31H43ClN4O3Si/c1-19(2)40(20(3)4,21(5)6)39-22(7)29-35-27-17-11-16-26(32)28(27)30(37)36(29)25-15-10-14-24(18-25)34-31(38)33-23-12-8-9-13-23/h10-11,14-23H,8-9,12-13H2,1-7H3,(H2,33,34,38)/t22-/m0/s1. The predicted molar refractivity (Wildman–Crippen MR) is 167 cm³/mol. The smallest absolute Gasteiger partial charge is 0.319 e. The van der Waals surface area contributed by atoms with Crippen LogP contribution in [0.3, 0.4) is 0 Å². The van der Waals surface area contributed by atoms with Crippen LogP contribution in [0.25, 0.3) is 16.6 Å². The number of urea groups is 1. The largest absolute Gasteiger partial charge is 0.406 e. The van der Waals surface area contributed by atoms with Gasteiger partial charge < -0.3 is 15.1 Å². The zero-order valence-corrected chi connectivity index (χ0v) is 26.5. The molecule has 0 unspecified atom stereocenters. The van der Waals surface area contributed by atoms with Gasteiger partial charge in [-0.1, -0.05) is 78.1 Å². The number of carbonyl (C=O) groups is 1. The van der Waals surface area contributed by atoms with E-state index in [4.69, 9.17) is 21.0 Å². The molecule has 2 amide bonds. The summed E-state index contributed by atoms with van der Waals surface area (Å²) in [5.41, 5.74) is 2.57. The van der Waals surface area contributed by atoms with Crippen molar-refractivity contribution in [3.63, 3.8) is 0 Å². The van der Waals surface area contributed by atoms with Crippen LogP contribution in [0.2, 0.25) is 21.6 Å². The highest BCUT2D eigenvalue weighted by Crippen LogP contribution is 2.45. The van der Waals surface area contributed by atoms with E-state index in [9.17, 15) is 9.59 Å². The first-order valence-electron chi connectivity index (χ1n) is 14.5. The predicted octanol–water partition coefficient (Wildman–Crippen LogP) is 8.36. The van der Waals surface area contributed by atoms with Crippen molar-refractivity contribution in [3.05, 3.63) is 63.7 Å². The van der Waals surface area contributed by atoms with Gasteiger partial charge in [-0.3, -0.25) is 9.36 Å². The van der Waals surface area contributed by atoms with Gasteiger partial charge in [0.15, 0.2) is 0 Å². The molecule has 3 aromatic rings. The maximum atomic E-state index is 14.1. The minimum absolute atomic E-state index is 0.203. The quantitative estimate of drug-likeness (QED) is 0.248. The second-order valence-corrected chi connectivity index (χ2v) is 17.8. The third-order valence-corrected chi connectivity index (χ3v) is 14.9. The zero-order valence-electron chi connectivity index (χ0n) is 24.8. The minimum Gasteiger partial charge on any atom is -0.406 e. The molecule has 0 bridgehead atoms. The van der Waals surface area contributed by atoms with Crippen molar-refractivity contribution >= 4 is 42.5 Å². The minimum atomic E-state index is -2.29. The number of benzene rings is 2. The topological polar surface area (TPSA) is 85.2 Å². The third-order valence-electron chi connectivity index (χ3n) is 8.38. The van der Waals surface area contributed by atoms with Gasteiger partial charge >= 0.3 is 6.03 Å². The van der Waals surface area contributed by atoms with E-state index >= 15 is 0 Å². The molecular formula is C31H43ClN4O3Si. The molecular weight excluding hydrogens is 540 g/mol. The van der Waals surface area contributed by atoms with Crippen molar-refractivity contribution in [2.24, 2.45) is 0 Å². The van der Waals surface area contributed by atoms with Crippen molar-refractivity contribution < 1.29 is 9.22 Å². The number of fused-ring (bicyclic) bond motifs is 1. The number of amides is 2. The number of hydrogen-bond acceptors (Lipinski definition) is 4. The second kappa shape index (κ2) is 12.5. The lowest BCUT2D eigenvalue weighted by Gasteiger charge is -2.44. The number of nitrogens with one attached hydrogen (secondary N) is 2. The van der Waals surface area contributed by atoms with Crippen LogP contribution in [-0.2, 0) is 4.43 Å². The van der Waals surface area contributed by atoms with E-state index < -0.39 is 14.4 Å². The molecule has 7 nitrogen and oxygen atoms in total. The summed E-state index contributed by atoms with van der Waals surface area (Å²) in [6.45, 7) is 15.4. The highest BCUT2D eigenvalue weighted by atomic mass is 35.5. The van der Waals surface area contributed by atoms with E-state index in [1.54, 1.807) is 22.8 Å². The van der Waals surface area contributed by atoms with E-state index in [0.717, 1.165) is 25.7 Å². The number of rotatable bonds is 9. The van der Waals surface area contributed by atoms with E-state index in [-0.39, 0.29) is 17.6 Å². The first kappa shape index (κ1) is 30.3. The molecule has 1 aliphatic rings. The maximum Gasteiger partial charge on any atom is 0.319 e. The summed E-state index contributed by atoms with van der Waals surface area (Å²) in [4.78, 5) is 31.8. The Hall–Kier alpha value is -2.68. The van der Waals surface area contributed by atoms with Gasteiger partial charge in [-0.15, -0.1) is 0 Å². The van der Waals surface area contributed by atoms with E-state index in [1.165, 1.54) is 0 Å². The molecule has 1 heterocycles. The Morgan fingerprint density at radius 3 is 2.25 bits per heavy atom. The monoisotopic (exact) mass is 582 g/mol. The molecule has 2 aromatic carbocycles. The molecule has 1 atom stereocenters. The summed E-state index contributed by atoms with van der Waals surface area (Å²) in [5, 5.41) is 6.71. The van der Waals surface area contributed by atoms with Crippen LogP contribution in [0, 0.1) is 0 Å².